The lowest BCUT2D eigenvalue weighted by atomic mass is 9.92. The predicted molar refractivity (Wildman–Crippen MR) is 118 cm³/mol. The quantitative estimate of drug-likeness (QED) is 0.554. The van der Waals surface area contributed by atoms with Crippen molar-refractivity contribution in [2.24, 2.45) is 0 Å². The zero-order valence-corrected chi connectivity index (χ0v) is 17.9. The zero-order chi connectivity index (χ0) is 22.0. The summed E-state index contributed by atoms with van der Waals surface area (Å²) < 4.78 is 8.78. The molecule has 1 fully saturated rings. The van der Waals surface area contributed by atoms with E-state index in [-0.39, 0.29) is 23.6 Å². The highest BCUT2D eigenvalue weighted by Gasteiger charge is 2.23. The van der Waals surface area contributed by atoms with E-state index < -0.39 is 0 Å². The molecular formula is C21H27N7O3. The fourth-order valence-electron chi connectivity index (χ4n) is 4.09. The second-order valence-corrected chi connectivity index (χ2v) is 7.57. The van der Waals surface area contributed by atoms with E-state index in [0.29, 0.717) is 28.5 Å². The maximum atomic E-state index is 13.2. The topological polar surface area (TPSA) is 115 Å². The molecule has 0 saturated heterocycles. The van der Waals surface area contributed by atoms with Gasteiger partial charge in [-0.15, -0.1) is 0 Å². The van der Waals surface area contributed by atoms with Crippen LogP contribution in [0.5, 0.6) is 0 Å². The van der Waals surface area contributed by atoms with Gasteiger partial charge in [0.05, 0.1) is 12.3 Å². The molecule has 3 heterocycles. The van der Waals surface area contributed by atoms with Crippen molar-refractivity contribution in [2.45, 2.75) is 37.8 Å². The van der Waals surface area contributed by atoms with Crippen LogP contribution in [0.3, 0.4) is 0 Å². The van der Waals surface area contributed by atoms with Gasteiger partial charge < -0.3 is 25.3 Å². The number of rotatable bonds is 6. The van der Waals surface area contributed by atoms with Gasteiger partial charge in [0, 0.05) is 39.5 Å². The first kappa shape index (κ1) is 20.9. The third-order valence-electron chi connectivity index (χ3n) is 5.81. The van der Waals surface area contributed by atoms with E-state index in [2.05, 4.69) is 26.0 Å². The normalized spacial score (nSPS) is 18.7. The van der Waals surface area contributed by atoms with Crippen molar-refractivity contribution in [3.05, 3.63) is 46.5 Å². The second-order valence-electron chi connectivity index (χ2n) is 7.57. The molecule has 0 unspecified atom stereocenters. The Labute approximate surface area is 179 Å². The van der Waals surface area contributed by atoms with Gasteiger partial charge in [-0.1, -0.05) is 0 Å². The van der Waals surface area contributed by atoms with Crippen LogP contribution in [-0.2, 0) is 4.74 Å². The summed E-state index contributed by atoms with van der Waals surface area (Å²) in [5, 5.41) is 13.0. The number of hydrogen-bond acceptors (Lipinski definition) is 7. The van der Waals surface area contributed by atoms with Crippen molar-refractivity contribution in [3.8, 4) is 0 Å². The molecule has 0 aliphatic heterocycles. The van der Waals surface area contributed by atoms with Gasteiger partial charge in [0.25, 0.3) is 11.5 Å². The van der Waals surface area contributed by atoms with Crippen LogP contribution in [0.1, 0.15) is 42.1 Å². The number of ether oxygens (including phenoxy) is 1. The van der Waals surface area contributed by atoms with Crippen LogP contribution in [0.15, 0.2) is 35.4 Å². The molecule has 3 N–H and O–H groups in total. The number of hydrogen-bond donors (Lipinski definition) is 3. The number of aromatic nitrogens is 4. The van der Waals surface area contributed by atoms with Crippen LogP contribution in [-0.4, -0.2) is 52.4 Å². The van der Waals surface area contributed by atoms with Crippen molar-refractivity contribution < 1.29 is 9.53 Å². The van der Waals surface area contributed by atoms with Gasteiger partial charge in [0.15, 0.2) is 5.65 Å². The molecule has 1 aliphatic rings. The average Bonchev–Trinajstić information content (AvgIpc) is 3.23. The molecule has 0 aromatic carbocycles. The minimum Gasteiger partial charge on any atom is -0.381 e. The standard InChI is InChI=1S/C21H27N7O3/c1-22-18-11-17(26-19-15(20(29)23-2)12-24-28(18)19)25-16-5-4-10-27(21(16)30)13-6-8-14(31-3)9-7-13/h4-5,10-14,22H,6-9H2,1-3H3,(H,23,29)(H,25,26). The first-order valence-electron chi connectivity index (χ1n) is 10.3. The Bertz CT molecular complexity index is 1150. The molecule has 3 aromatic heterocycles. The van der Waals surface area contributed by atoms with E-state index in [1.165, 1.54) is 6.20 Å². The van der Waals surface area contributed by atoms with E-state index in [4.69, 9.17) is 4.74 Å². The molecule has 1 aliphatic carbocycles. The predicted octanol–water partition coefficient (Wildman–Crippen LogP) is 2.17. The first-order chi connectivity index (χ1) is 15.0. The lowest BCUT2D eigenvalue weighted by molar-refractivity contribution is 0.0580. The molecule has 31 heavy (non-hydrogen) atoms. The van der Waals surface area contributed by atoms with Crippen molar-refractivity contribution in [1.82, 2.24) is 24.5 Å². The minimum atomic E-state index is -0.282. The van der Waals surface area contributed by atoms with Crippen molar-refractivity contribution in [3.63, 3.8) is 0 Å². The molecule has 10 nitrogen and oxygen atoms in total. The summed E-state index contributed by atoms with van der Waals surface area (Å²) in [5.41, 5.74) is 1.07. The van der Waals surface area contributed by atoms with Crippen LogP contribution in [0, 0.1) is 0 Å². The van der Waals surface area contributed by atoms with Gasteiger partial charge in [-0.3, -0.25) is 9.59 Å². The summed E-state index contributed by atoms with van der Waals surface area (Å²) in [6.07, 6.45) is 7.27. The average molecular weight is 425 g/mol. The summed E-state index contributed by atoms with van der Waals surface area (Å²) >= 11 is 0. The van der Waals surface area contributed by atoms with Crippen molar-refractivity contribution in [1.29, 1.82) is 0 Å². The van der Waals surface area contributed by atoms with Gasteiger partial charge in [-0.2, -0.15) is 9.61 Å². The summed E-state index contributed by atoms with van der Waals surface area (Å²) in [7, 11) is 5.05. The highest BCUT2D eigenvalue weighted by Crippen LogP contribution is 2.29. The SMILES string of the molecule is CNC(=O)c1cnn2c(NC)cc(Nc3cccn(C4CCC(OC)CC4)c3=O)nc12. The van der Waals surface area contributed by atoms with Crippen LogP contribution in [0.4, 0.5) is 17.3 Å². The Kier molecular flexibility index (Phi) is 5.90. The maximum absolute atomic E-state index is 13.2. The lowest BCUT2D eigenvalue weighted by Gasteiger charge is -2.29. The third-order valence-corrected chi connectivity index (χ3v) is 5.81. The van der Waals surface area contributed by atoms with Crippen LogP contribution in [0.2, 0.25) is 0 Å². The second kappa shape index (κ2) is 8.76. The Balaban J connectivity index is 1.66. The van der Waals surface area contributed by atoms with Crippen molar-refractivity contribution >= 4 is 28.9 Å². The van der Waals surface area contributed by atoms with Crippen LogP contribution < -0.4 is 21.5 Å². The number of carbonyl (C=O) groups is 1. The highest BCUT2D eigenvalue weighted by molar-refractivity contribution is 5.99. The molecule has 1 saturated carbocycles. The molecule has 4 rings (SSSR count). The summed E-state index contributed by atoms with van der Waals surface area (Å²) in [4.78, 5) is 29.9. The smallest absolute Gasteiger partial charge is 0.274 e. The van der Waals surface area contributed by atoms with E-state index in [1.54, 1.807) is 42.4 Å². The largest absolute Gasteiger partial charge is 0.381 e. The molecule has 0 bridgehead atoms. The third kappa shape index (κ3) is 3.98. The fraction of sp³-hybridized carbons (Fsp3) is 0.429. The van der Waals surface area contributed by atoms with E-state index in [0.717, 1.165) is 25.7 Å². The van der Waals surface area contributed by atoms with E-state index >= 15 is 0 Å². The number of nitrogens with zero attached hydrogens (tertiary/aromatic N) is 4. The summed E-state index contributed by atoms with van der Waals surface area (Å²) in [5.74, 6) is 0.799. The number of methoxy groups -OCH3 is 1. The van der Waals surface area contributed by atoms with Gasteiger partial charge in [0.1, 0.15) is 22.9 Å². The Morgan fingerprint density at radius 2 is 2.00 bits per heavy atom. The van der Waals surface area contributed by atoms with Gasteiger partial charge >= 0.3 is 0 Å². The number of anilines is 3. The van der Waals surface area contributed by atoms with Crippen LogP contribution >= 0.6 is 0 Å². The maximum Gasteiger partial charge on any atom is 0.274 e. The van der Waals surface area contributed by atoms with Crippen LogP contribution in [0.25, 0.3) is 5.65 Å². The fourth-order valence-corrected chi connectivity index (χ4v) is 4.09. The van der Waals surface area contributed by atoms with E-state index in [1.807, 2.05) is 12.3 Å². The number of nitrogens with one attached hydrogen (secondary N) is 3. The lowest BCUT2D eigenvalue weighted by Crippen LogP contribution is -2.30. The number of fused-ring (bicyclic) bond motifs is 1. The van der Waals surface area contributed by atoms with E-state index in [9.17, 15) is 9.59 Å². The number of pyridine rings is 1. The molecule has 10 heteroatoms. The number of amides is 1. The van der Waals surface area contributed by atoms with Gasteiger partial charge in [0.2, 0.25) is 0 Å². The number of carbonyl (C=O) groups excluding carboxylic acids is 1. The molecule has 164 valence electrons. The summed E-state index contributed by atoms with van der Waals surface area (Å²) in [6.45, 7) is 0. The molecule has 1 amide bonds. The minimum absolute atomic E-state index is 0.101. The Morgan fingerprint density at radius 1 is 1.23 bits per heavy atom. The Morgan fingerprint density at radius 3 is 2.68 bits per heavy atom. The monoisotopic (exact) mass is 425 g/mol. The molecule has 3 aromatic rings. The molecule has 0 spiro atoms. The first-order valence-corrected chi connectivity index (χ1v) is 10.3. The molecule has 0 radical (unpaired) electrons. The zero-order valence-electron chi connectivity index (χ0n) is 17.9. The summed E-state index contributed by atoms with van der Waals surface area (Å²) in [6, 6.07) is 5.49. The molecular weight excluding hydrogens is 398 g/mol. The van der Waals surface area contributed by atoms with Gasteiger partial charge in [-0.25, -0.2) is 4.98 Å². The highest BCUT2D eigenvalue weighted by atomic mass is 16.5. The van der Waals surface area contributed by atoms with Gasteiger partial charge in [-0.05, 0) is 37.8 Å². The molecule has 0 atom stereocenters. The van der Waals surface area contributed by atoms with Crippen molar-refractivity contribution in [2.75, 3.05) is 31.8 Å². The Hall–Kier alpha value is -3.40.